The van der Waals surface area contributed by atoms with Crippen LogP contribution in [-0.2, 0) is 9.53 Å². The van der Waals surface area contributed by atoms with Crippen LogP contribution in [0, 0.1) is 17.2 Å². The fourth-order valence-corrected chi connectivity index (χ4v) is 2.44. The fraction of sp³-hybridized carbons (Fsp3) is 0.429. The van der Waals surface area contributed by atoms with Gasteiger partial charge in [0.25, 0.3) is 0 Å². The molecule has 1 fully saturated rings. The zero-order chi connectivity index (χ0) is 13.0. The Bertz CT molecular complexity index is 475. The molecular weight excluding hydrogens is 250 g/mol. The molecule has 1 aliphatic rings. The summed E-state index contributed by atoms with van der Waals surface area (Å²) in [6, 6.07) is 9.07. The molecule has 18 heavy (non-hydrogen) atoms. The minimum Gasteiger partial charge on any atom is -0.381 e. The summed E-state index contributed by atoms with van der Waals surface area (Å²) in [5.74, 6) is -1.05. The van der Waals surface area contributed by atoms with E-state index in [0.29, 0.717) is 23.8 Å². The van der Waals surface area contributed by atoms with E-state index in [9.17, 15) is 10.1 Å². The molecule has 0 saturated carbocycles. The number of Topliss-reactive ketones (excluding diaryl/α,β-unsaturated/α-hetero) is 1. The van der Waals surface area contributed by atoms with Gasteiger partial charge >= 0.3 is 0 Å². The van der Waals surface area contributed by atoms with Crippen LogP contribution in [0.1, 0.15) is 24.3 Å². The summed E-state index contributed by atoms with van der Waals surface area (Å²) >= 11 is 6.05. The van der Waals surface area contributed by atoms with Crippen molar-refractivity contribution in [3.05, 3.63) is 34.9 Å². The summed E-state index contributed by atoms with van der Waals surface area (Å²) < 4.78 is 5.30. The van der Waals surface area contributed by atoms with Crippen molar-refractivity contribution in [2.45, 2.75) is 18.8 Å². The van der Waals surface area contributed by atoms with Crippen LogP contribution in [0.3, 0.4) is 0 Å². The molecule has 94 valence electrons. The zero-order valence-electron chi connectivity index (χ0n) is 9.93. The highest BCUT2D eigenvalue weighted by Gasteiger charge is 2.30. The van der Waals surface area contributed by atoms with Crippen molar-refractivity contribution < 1.29 is 9.53 Å². The van der Waals surface area contributed by atoms with E-state index < -0.39 is 5.92 Å². The van der Waals surface area contributed by atoms with Gasteiger partial charge in [-0.3, -0.25) is 4.79 Å². The van der Waals surface area contributed by atoms with E-state index in [2.05, 4.69) is 6.07 Å². The third kappa shape index (κ3) is 2.72. The van der Waals surface area contributed by atoms with Crippen LogP contribution in [0.5, 0.6) is 0 Å². The first-order valence-corrected chi connectivity index (χ1v) is 6.37. The lowest BCUT2D eigenvalue weighted by atomic mass is 9.85. The van der Waals surface area contributed by atoms with Crippen molar-refractivity contribution in [3.63, 3.8) is 0 Å². The molecule has 1 aliphatic heterocycles. The maximum absolute atomic E-state index is 12.3. The van der Waals surface area contributed by atoms with Crippen molar-refractivity contribution in [1.29, 1.82) is 5.26 Å². The molecule has 1 saturated heterocycles. The summed E-state index contributed by atoms with van der Waals surface area (Å²) in [5, 5.41) is 9.70. The highest BCUT2D eigenvalue weighted by Crippen LogP contribution is 2.29. The van der Waals surface area contributed by atoms with E-state index in [0.717, 1.165) is 12.8 Å². The predicted molar refractivity (Wildman–Crippen MR) is 68.4 cm³/mol. The Morgan fingerprint density at radius 2 is 2.28 bits per heavy atom. The summed E-state index contributed by atoms with van der Waals surface area (Å²) in [7, 11) is 0. The maximum atomic E-state index is 12.3. The average molecular weight is 264 g/mol. The van der Waals surface area contributed by atoms with Gasteiger partial charge in [0.15, 0.2) is 5.78 Å². The third-order valence-electron chi connectivity index (χ3n) is 3.19. The van der Waals surface area contributed by atoms with Crippen LogP contribution in [0.2, 0.25) is 5.02 Å². The Morgan fingerprint density at radius 1 is 1.50 bits per heavy atom. The van der Waals surface area contributed by atoms with Crippen LogP contribution < -0.4 is 0 Å². The van der Waals surface area contributed by atoms with Gasteiger partial charge in [0.05, 0.1) is 12.7 Å². The molecule has 0 radical (unpaired) electrons. The van der Waals surface area contributed by atoms with E-state index in [1.165, 1.54) is 0 Å². The number of nitriles is 1. The minimum atomic E-state index is -0.787. The quantitative estimate of drug-likeness (QED) is 0.842. The van der Waals surface area contributed by atoms with Crippen molar-refractivity contribution in [2.24, 2.45) is 5.92 Å². The van der Waals surface area contributed by atoms with Gasteiger partial charge in [0.2, 0.25) is 0 Å². The number of hydrogen-bond donors (Lipinski definition) is 0. The summed E-state index contributed by atoms with van der Waals surface area (Å²) in [6.45, 7) is 1.12. The fourth-order valence-electron chi connectivity index (χ4n) is 2.20. The van der Waals surface area contributed by atoms with Gasteiger partial charge in [-0.15, -0.1) is 0 Å². The smallest absolute Gasteiger partial charge is 0.159 e. The van der Waals surface area contributed by atoms with E-state index in [1.54, 1.807) is 24.3 Å². The third-order valence-corrected chi connectivity index (χ3v) is 3.54. The normalized spacial score (nSPS) is 21.0. The molecule has 3 nitrogen and oxygen atoms in total. The molecule has 0 bridgehead atoms. The van der Waals surface area contributed by atoms with Crippen LogP contribution in [0.25, 0.3) is 0 Å². The number of benzene rings is 1. The lowest BCUT2D eigenvalue weighted by molar-refractivity contribution is -0.127. The molecule has 0 spiro atoms. The lowest BCUT2D eigenvalue weighted by Gasteiger charge is -2.23. The number of halogens is 1. The van der Waals surface area contributed by atoms with Crippen molar-refractivity contribution in [1.82, 2.24) is 0 Å². The first-order chi connectivity index (χ1) is 8.74. The molecule has 2 unspecified atom stereocenters. The molecule has 0 aromatic heterocycles. The Morgan fingerprint density at radius 3 is 2.89 bits per heavy atom. The first-order valence-electron chi connectivity index (χ1n) is 5.99. The van der Waals surface area contributed by atoms with Gasteiger partial charge in [0.1, 0.15) is 5.92 Å². The maximum Gasteiger partial charge on any atom is 0.159 e. The van der Waals surface area contributed by atoms with Crippen molar-refractivity contribution in [2.75, 3.05) is 13.2 Å². The van der Waals surface area contributed by atoms with E-state index in [4.69, 9.17) is 16.3 Å². The molecule has 4 heteroatoms. The molecule has 2 atom stereocenters. The van der Waals surface area contributed by atoms with Gasteiger partial charge in [0, 0.05) is 17.5 Å². The largest absolute Gasteiger partial charge is 0.381 e. The molecule has 1 aromatic rings. The molecule has 2 rings (SSSR count). The van der Waals surface area contributed by atoms with Gasteiger partial charge in [-0.25, -0.2) is 0 Å². The highest BCUT2D eigenvalue weighted by molar-refractivity contribution is 6.31. The zero-order valence-corrected chi connectivity index (χ0v) is 10.7. The second-order valence-electron chi connectivity index (χ2n) is 4.40. The molecule has 0 amide bonds. The Kier molecular flexibility index (Phi) is 4.35. The topological polar surface area (TPSA) is 50.1 Å². The van der Waals surface area contributed by atoms with Gasteiger partial charge in [-0.2, -0.15) is 5.26 Å². The van der Waals surface area contributed by atoms with Crippen LogP contribution in [0.15, 0.2) is 24.3 Å². The standard InChI is InChI=1S/C14H14ClNO2/c15-13-6-2-1-5-11(13)12(8-16)14(17)10-4-3-7-18-9-10/h1-2,5-6,10,12H,3-4,7,9H2. The molecule has 0 N–H and O–H groups in total. The summed E-state index contributed by atoms with van der Waals surface area (Å²) in [5.41, 5.74) is 0.595. The number of carbonyl (C=O) groups is 1. The first kappa shape index (κ1) is 13.1. The molecule has 1 aromatic carbocycles. The SMILES string of the molecule is N#CC(C(=O)C1CCCOC1)c1ccccc1Cl. The monoisotopic (exact) mass is 263 g/mol. The lowest BCUT2D eigenvalue weighted by Crippen LogP contribution is -2.29. The van der Waals surface area contributed by atoms with Crippen molar-refractivity contribution >= 4 is 17.4 Å². The van der Waals surface area contributed by atoms with E-state index in [1.807, 2.05) is 0 Å². The summed E-state index contributed by atoms with van der Waals surface area (Å²) in [4.78, 5) is 12.3. The summed E-state index contributed by atoms with van der Waals surface area (Å²) in [6.07, 6.45) is 1.67. The molecule has 0 aliphatic carbocycles. The van der Waals surface area contributed by atoms with Gasteiger partial charge < -0.3 is 4.74 Å². The number of hydrogen-bond acceptors (Lipinski definition) is 3. The van der Waals surface area contributed by atoms with E-state index in [-0.39, 0.29) is 11.7 Å². The minimum absolute atomic E-state index is 0.0784. The number of nitrogens with zero attached hydrogens (tertiary/aromatic N) is 1. The second kappa shape index (κ2) is 5.99. The Labute approximate surface area is 111 Å². The molecular formula is C14H14ClNO2. The average Bonchev–Trinajstić information content (AvgIpc) is 2.42. The Hall–Kier alpha value is -1.37. The molecule has 1 heterocycles. The number of ether oxygens (including phenoxy) is 1. The van der Waals surface area contributed by atoms with Crippen molar-refractivity contribution in [3.8, 4) is 6.07 Å². The van der Waals surface area contributed by atoms with Gasteiger partial charge in [-0.1, -0.05) is 29.8 Å². The van der Waals surface area contributed by atoms with Crippen LogP contribution in [0.4, 0.5) is 0 Å². The van der Waals surface area contributed by atoms with Crippen LogP contribution in [-0.4, -0.2) is 19.0 Å². The second-order valence-corrected chi connectivity index (χ2v) is 4.81. The number of carbonyl (C=O) groups excluding carboxylic acids is 1. The van der Waals surface area contributed by atoms with Gasteiger partial charge in [-0.05, 0) is 24.5 Å². The van der Waals surface area contributed by atoms with E-state index >= 15 is 0 Å². The number of ketones is 1. The Balaban J connectivity index is 2.21. The van der Waals surface area contributed by atoms with Crippen LogP contribution >= 0.6 is 11.6 Å². The predicted octanol–water partition coefficient (Wildman–Crippen LogP) is 2.94. The number of rotatable bonds is 3. The highest BCUT2D eigenvalue weighted by atomic mass is 35.5.